The number of aromatic nitrogens is 2. The average Bonchev–Trinajstić information content (AvgIpc) is 3.35. The van der Waals surface area contributed by atoms with E-state index in [0.717, 1.165) is 23.2 Å². The fourth-order valence-electron chi connectivity index (χ4n) is 2.05. The van der Waals surface area contributed by atoms with E-state index < -0.39 is 11.0 Å². The second-order valence-electron chi connectivity index (χ2n) is 6.71. The standard InChI is InChI=1S/C15H17N5O2S3.C4H10.C2H2/c1-2-17-25(22)15-12(21)11(9-23-15)18-14-13(19-24-20-14)16-8-10-6-4-3-5-7-10;1-4(2)3;1-2/h3-7,9,17,21H,2,8H2,1H3,(H,16,19)(H,18,20);4H,1-3H3;1-2H. The van der Waals surface area contributed by atoms with Crippen LogP contribution in [0.2, 0.25) is 0 Å². The van der Waals surface area contributed by atoms with Crippen LogP contribution in [0.5, 0.6) is 5.75 Å². The van der Waals surface area contributed by atoms with Crippen molar-refractivity contribution in [1.82, 2.24) is 13.5 Å². The summed E-state index contributed by atoms with van der Waals surface area (Å²) < 4.78 is 23.6. The quantitative estimate of drug-likeness (QED) is 0.331. The molecule has 4 N–H and O–H groups in total. The van der Waals surface area contributed by atoms with Crippen LogP contribution < -0.4 is 15.4 Å². The molecule has 2 heterocycles. The van der Waals surface area contributed by atoms with Crippen molar-refractivity contribution in [2.45, 2.75) is 38.4 Å². The zero-order valence-corrected chi connectivity index (χ0v) is 20.5. The van der Waals surface area contributed by atoms with Crippen molar-refractivity contribution in [3.05, 3.63) is 41.3 Å². The summed E-state index contributed by atoms with van der Waals surface area (Å²) in [5.41, 5.74) is 1.59. The Bertz CT molecular complexity index is 936. The Hall–Kier alpha value is -2.45. The van der Waals surface area contributed by atoms with Crippen molar-refractivity contribution in [2.24, 2.45) is 5.92 Å². The van der Waals surface area contributed by atoms with E-state index in [1.54, 1.807) is 5.38 Å². The monoisotopic (exact) mass is 479 g/mol. The minimum absolute atomic E-state index is 0.0358. The van der Waals surface area contributed by atoms with E-state index in [-0.39, 0.29) is 5.75 Å². The van der Waals surface area contributed by atoms with Gasteiger partial charge >= 0.3 is 0 Å². The lowest BCUT2D eigenvalue weighted by molar-refractivity contribution is 0.468. The summed E-state index contributed by atoms with van der Waals surface area (Å²) in [4.78, 5) is 0. The summed E-state index contributed by atoms with van der Waals surface area (Å²) in [6.45, 7) is 9.52. The van der Waals surface area contributed by atoms with E-state index in [1.165, 1.54) is 11.3 Å². The molecule has 0 saturated carbocycles. The van der Waals surface area contributed by atoms with Gasteiger partial charge in [-0.15, -0.1) is 24.2 Å². The van der Waals surface area contributed by atoms with Gasteiger partial charge in [-0.2, -0.15) is 8.75 Å². The molecule has 0 amide bonds. The molecule has 10 heteroatoms. The van der Waals surface area contributed by atoms with Gasteiger partial charge in [0.15, 0.2) is 21.6 Å². The van der Waals surface area contributed by atoms with E-state index >= 15 is 0 Å². The lowest BCUT2D eigenvalue weighted by Crippen LogP contribution is -2.15. The molecule has 1 unspecified atom stereocenters. The van der Waals surface area contributed by atoms with Crippen LogP contribution in [-0.4, -0.2) is 24.6 Å². The van der Waals surface area contributed by atoms with Gasteiger partial charge in [0.25, 0.3) is 0 Å². The fraction of sp³-hybridized carbons (Fsp3) is 0.333. The molecule has 2 aromatic heterocycles. The third kappa shape index (κ3) is 9.06. The van der Waals surface area contributed by atoms with Crippen molar-refractivity contribution in [2.75, 3.05) is 17.2 Å². The summed E-state index contributed by atoms with van der Waals surface area (Å²) in [5, 5.41) is 18.3. The molecule has 168 valence electrons. The zero-order valence-electron chi connectivity index (χ0n) is 18.1. The average molecular weight is 480 g/mol. The zero-order chi connectivity index (χ0) is 23.2. The van der Waals surface area contributed by atoms with Gasteiger partial charge in [-0.3, -0.25) is 0 Å². The van der Waals surface area contributed by atoms with Gasteiger partial charge < -0.3 is 15.7 Å². The first kappa shape index (κ1) is 26.6. The van der Waals surface area contributed by atoms with Crippen LogP contribution in [0.1, 0.15) is 33.3 Å². The number of hydrogen-bond donors (Lipinski definition) is 4. The molecule has 31 heavy (non-hydrogen) atoms. The minimum atomic E-state index is -1.43. The Balaban J connectivity index is 0.000000720. The van der Waals surface area contributed by atoms with E-state index in [4.69, 9.17) is 0 Å². The van der Waals surface area contributed by atoms with Crippen LogP contribution in [0, 0.1) is 18.8 Å². The van der Waals surface area contributed by atoms with E-state index in [0.29, 0.717) is 34.6 Å². The van der Waals surface area contributed by atoms with E-state index in [9.17, 15) is 9.32 Å². The van der Waals surface area contributed by atoms with Gasteiger partial charge in [-0.05, 0) is 11.5 Å². The summed E-state index contributed by atoms with van der Waals surface area (Å²) in [6, 6.07) is 9.96. The third-order valence-electron chi connectivity index (χ3n) is 3.22. The molecule has 0 radical (unpaired) electrons. The predicted molar refractivity (Wildman–Crippen MR) is 133 cm³/mol. The smallest absolute Gasteiger partial charge is 0.188 e. The van der Waals surface area contributed by atoms with Crippen molar-refractivity contribution in [1.29, 1.82) is 0 Å². The number of anilines is 3. The van der Waals surface area contributed by atoms with Crippen LogP contribution in [0.3, 0.4) is 0 Å². The third-order valence-corrected chi connectivity index (χ3v) is 6.33. The Morgan fingerprint density at radius 3 is 2.35 bits per heavy atom. The van der Waals surface area contributed by atoms with Crippen molar-refractivity contribution >= 4 is 51.4 Å². The Kier molecular flexibility index (Phi) is 12.5. The lowest BCUT2D eigenvalue weighted by Gasteiger charge is -2.07. The molecule has 3 aromatic rings. The number of nitrogens with zero attached hydrogens (tertiary/aromatic N) is 2. The van der Waals surface area contributed by atoms with Crippen LogP contribution in [0.25, 0.3) is 0 Å². The molecule has 0 aliphatic carbocycles. The van der Waals surface area contributed by atoms with Crippen LogP contribution >= 0.6 is 23.1 Å². The molecular weight excluding hydrogens is 450 g/mol. The highest BCUT2D eigenvalue weighted by Crippen LogP contribution is 2.38. The first-order valence-electron chi connectivity index (χ1n) is 9.58. The topological polar surface area (TPSA) is 99.2 Å². The summed E-state index contributed by atoms with van der Waals surface area (Å²) in [7, 11) is -1.43. The van der Waals surface area contributed by atoms with Crippen molar-refractivity contribution in [3.8, 4) is 18.6 Å². The normalized spacial score (nSPS) is 10.9. The largest absolute Gasteiger partial charge is 0.504 e. The first-order valence-corrected chi connectivity index (χ1v) is 12.3. The first-order chi connectivity index (χ1) is 14.9. The molecule has 0 fully saturated rings. The molecule has 1 aromatic carbocycles. The SMILES string of the molecule is C#C.CC(C)C.CCNS(=O)c1scc(Nc2nsnc2NCc2ccccc2)c1O. The lowest BCUT2D eigenvalue weighted by atomic mass is 10.2. The Morgan fingerprint density at radius 2 is 1.74 bits per heavy atom. The molecule has 0 aliphatic rings. The number of terminal acetylenes is 1. The number of hydrogen-bond acceptors (Lipinski definition) is 8. The molecule has 3 rings (SSSR count). The second-order valence-corrected chi connectivity index (χ2v) is 9.61. The molecule has 0 saturated heterocycles. The van der Waals surface area contributed by atoms with Gasteiger partial charge in [0.05, 0.1) is 17.4 Å². The highest BCUT2D eigenvalue weighted by molar-refractivity contribution is 7.85. The Labute approximate surface area is 195 Å². The Morgan fingerprint density at radius 1 is 1.13 bits per heavy atom. The summed E-state index contributed by atoms with van der Waals surface area (Å²) >= 11 is 2.29. The van der Waals surface area contributed by atoms with Crippen molar-refractivity contribution in [3.63, 3.8) is 0 Å². The fourth-order valence-corrected chi connectivity index (χ4v) is 4.50. The van der Waals surface area contributed by atoms with Crippen LogP contribution in [-0.2, 0) is 17.5 Å². The summed E-state index contributed by atoms with van der Waals surface area (Å²) in [5.74, 6) is 1.93. The second kappa shape index (κ2) is 14.5. The van der Waals surface area contributed by atoms with E-state index in [1.807, 2.05) is 37.3 Å². The molecule has 7 nitrogen and oxygen atoms in total. The molecular formula is C21H29N5O2S3. The molecule has 0 aliphatic heterocycles. The highest BCUT2D eigenvalue weighted by Gasteiger charge is 2.18. The van der Waals surface area contributed by atoms with Gasteiger partial charge in [0.2, 0.25) is 0 Å². The summed E-state index contributed by atoms with van der Waals surface area (Å²) in [6.07, 6.45) is 8.00. The molecule has 1 atom stereocenters. The minimum Gasteiger partial charge on any atom is -0.504 e. The van der Waals surface area contributed by atoms with Gasteiger partial charge in [-0.25, -0.2) is 8.93 Å². The van der Waals surface area contributed by atoms with Crippen LogP contribution in [0.15, 0.2) is 39.9 Å². The van der Waals surface area contributed by atoms with E-state index in [2.05, 4.69) is 57.7 Å². The number of aromatic hydroxyl groups is 1. The van der Waals surface area contributed by atoms with Gasteiger partial charge in [0.1, 0.15) is 11.0 Å². The number of rotatable bonds is 8. The van der Waals surface area contributed by atoms with Gasteiger partial charge in [-0.1, -0.05) is 58.0 Å². The van der Waals surface area contributed by atoms with Crippen LogP contribution in [0.4, 0.5) is 17.3 Å². The number of benzene rings is 1. The molecule has 0 spiro atoms. The van der Waals surface area contributed by atoms with Crippen molar-refractivity contribution < 1.29 is 9.32 Å². The maximum Gasteiger partial charge on any atom is 0.188 e. The molecule has 0 bridgehead atoms. The highest BCUT2D eigenvalue weighted by atomic mass is 32.2. The van der Waals surface area contributed by atoms with Gasteiger partial charge in [0, 0.05) is 18.5 Å². The number of thiophene rings is 1. The number of nitrogens with one attached hydrogen (secondary N) is 3. The maximum absolute atomic E-state index is 12.0. The maximum atomic E-state index is 12.0. The predicted octanol–water partition coefficient (Wildman–Crippen LogP) is 5.20.